The van der Waals surface area contributed by atoms with E-state index in [2.05, 4.69) is 5.32 Å². The number of ether oxygens (including phenoxy) is 2. The van der Waals surface area contributed by atoms with Crippen molar-refractivity contribution < 1.29 is 14.3 Å². The Morgan fingerprint density at radius 1 is 0.966 bits per heavy atom. The van der Waals surface area contributed by atoms with Crippen LogP contribution >= 0.6 is 0 Å². The zero-order valence-corrected chi connectivity index (χ0v) is 16.9. The molecule has 7 nitrogen and oxygen atoms in total. The quantitative estimate of drug-likeness (QED) is 0.534. The number of amides is 1. The maximum absolute atomic E-state index is 12.7. The molecular formula is C22H27N3O4. The summed E-state index contributed by atoms with van der Waals surface area (Å²) in [4.78, 5) is 24.9. The summed E-state index contributed by atoms with van der Waals surface area (Å²) in [6, 6.07) is 15.0. The SMILES string of the molecule is CCCn1c(=O)n(CCC(=O)NCCOc2ccc(OC)cc2)c2ccccc21. The van der Waals surface area contributed by atoms with Crippen molar-refractivity contribution in [3.05, 3.63) is 59.0 Å². The van der Waals surface area contributed by atoms with Gasteiger partial charge in [0.2, 0.25) is 5.91 Å². The van der Waals surface area contributed by atoms with Crippen molar-refractivity contribution in [1.82, 2.24) is 14.5 Å². The Morgan fingerprint density at radius 2 is 1.59 bits per heavy atom. The highest BCUT2D eigenvalue weighted by Crippen LogP contribution is 2.16. The van der Waals surface area contributed by atoms with Crippen LogP contribution in [-0.2, 0) is 17.9 Å². The van der Waals surface area contributed by atoms with E-state index in [0.717, 1.165) is 29.0 Å². The number of nitrogens with one attached hydrogen (secondary N) is 1. The molecule has 2 aromatic carbocycles. The van der Waals surface area contributed by atoms with Gasteiger partial charge in [-0.2, -0.15) is 0 Å². The first-order chi connectivity index (χ1) is 14.1. The average Bonchev–Trinajstić information content (AvgIpc) is 3.01. The lowest BCUT2D eigenvalue weighted by Gasteiger charge is -2.09. The molecule has 0 radical (unpaired) electrons. The van der Waals surface area contributed by atoms with E-state index in [1.54, 1.807) is 16.2 Å². The molecule has 0 unspecified atom stereocenters. The highest BCUT2D eigenvalue weighted by atomic mass is 16.5. The Balaban J connectivity index is 1.50. The van der Waals surface area contributed by atoms with Crippen LogP contribution in [-0.4, -0.2) is 35.3 Å². The van der Waals surface area contributed by atoms with Gasteiger partial charge in [0.15, 0.2) is 0 Å². The van der Waals surface area contributed by atoms with Gasteiger partial charge in [0, 0.05) is 19.5 Å². The summed E-state index contributed by atoms with van der Waals surface area (Å²) in [6.07, 6.45) is 1.12. The predicted octanol–water partition coefficient (Wildman–Crippen LogP) is 2.81. The van der Waals surface area contributed by atoms with E-state index < -0.39 is 0 Å². The Labute approximate surface area is 169 Å². The predicted molar refractivity (Wildman–Crippen MR) is 113 cm³/mol. The second-order valence-corrected chi connectivity index (χ2v) is 6.70. The smallest absolute Gasteiger partial charge is 0.329 e. The normalized spacial score (nSPS) is 10.8. The van der Waals surface area contributed by atoms with Crippen molar-refractivity contribution in [1.29, 1.82) is 0 Å². The average molecular weight is 397 g/mol. The van der Waals surface area contributed by atoms with Gasteiger partial charge in [-0.05, 0) is 42.8 Å². The molecule has 3 rings (SSSR count). The highest BCUT2D eigenvalue weighted by Gasteiger charge is 2.13. The molecule has 0 aliphatic carbocycles. The first-order valence-corrected chi connectivity index (χ1v) is 9.85. The minimum atomic E-state index is -0.109. The summed E-state index contributed by atoms with van der Waals surface area (Å²) < 4.78 is 14.2. The first kappa shape index (κ1) is 20.5. The number of carbonyl (C=O) groups excluding carboxylic acids is 1. The minimum absolute atomic E-state index is 0.0660. The van der Waals surface area contributed by atoms with Crippen LogP contribution in [0.4, 0.5) is 0 Å². The Kier molecular flexibility index (Phi) is 6.94. The van der Waals surface area contributed by atoms with Crippen molar-refractivity contribution in [2.45, 2.75) is 32.9 Å². The number of rotatable bonds is 10. The fourth-order valence-electron chi connectivity index (χ4n) is 3.26. The molecule has 0 aliphatic heterocycles. The second kappa shape index (κ2) is 9.82. The van der Waals surface area contributed by atoms with Gasteiger partial charge in [0.25, 0.3) is 0 Å². The fourth-order valence-corrected chi connectivity index (χ4v) is 3.26. The Bertz CT molecular complexity index is 1010. The summed E-state index contributed by atoms with van der Waals surface area (Å²) in [7, 11) is 1.61. The van der Waals surface area contributed by atoms with Gasteiger partial charge in [-0.3, -0.25) is 13.9 Å². The van der Waals surface area contributed by atoms with Crippen LogP contribution in [0.1, 0.15) is 19.8 Å². The van der Waals surface area contributed by atoms with Crippen LogP contribution in [0, 0.1) is 0 Å². The van der Waals surface area contributed by atoms with Gasteiger partial charge in [0.1, 0.15) is 18.1 Å². The van der Waals surface area contributed by atoms with Crippen LogP contribution in [0.15, 0.2) is 53.3 Å². The van der Waals surface area contributed by atoms with E-state index in [0.29, 0.717) is 26.2 Å². The Morgan fingerprint density at radius 3 is 2.21 bits per heavy atom. The molecule has 1 amide bonds. The molecule has 3 aromatic rings. The number of fused-ring (bicyclic) bond motifs is 1. The lowest BCUT2D eigenvalue weighted by Crippen LogP contribution is -2.31. The number of hydrogen-bond donors (Lipinski definition) is 1. The van der Waals surface area contributed by atoms with Crippen LogP contribution < -0.4 is 20.5 Å². The number of para-hydroxylation sites is 2. The molecule has 0 fully saturated rings. The van der Waals surface area contributed by atoms with Gasteiger partial charge in [0.05, 0.1) is 24.7 Å². The van der Waals surface area contributed by atoms with Gasteiger partial charge < -0.3 is 14.8 Å². The van der Waals surface area contributed by atoms with Crippen molar-refractivity contribution >= 4 is 16.9 Å². The maximum atomic E-state index is 12.7. The molecular weight excluding hydrogens is 370 g/mol. The van der Waals surface area contributed by atoms with E-state index in [1.807, 2.05) is 55.5 Å². The number of benzene rings is 2. The first-order valence-electron chi connectivity index (χ1n) is 9.85. The zero-order valence-electron chi connectivity index (χ0n) is 16.9. The number of carbonyl (C=O) groups is 1. The zero-order chi connectivity index (χ0) is 20.6. The molecule has 0 saturated heterocycles. The molecule has 29 heavy (non-hydrogen) atoms. The molecule has 154 valence electrons. The largest absolute Gasteiger partial charge is 0.497 e. The summed E-state index contributed by atoms with van der Waals surface area (Å²) in [5, 5.41) is 2.83. The summed E-state index contributed by atoms with van der Waals surface area (Å²) >= 11 is 0. The summed E-state index contributed by atoms with van der Waals surface area (Å²) in [5.41, 5.74) is 1.71. The van der Waals surface area contributed by atoms with Crippen LogP contribution in [0.3, 0.4) is 0 Å². The van der Waals surface area contributed by atoms with Crippen molar-refractivity contribution in [2.75, 3.05) is 20.3 Å². The molecule has 0 saturated carbocycles. The fraction of sp³-hybridized carbons (Fsp3) is 0.364. The third kappa shape index (κ3) is 4.99. The van der Waals surface area contributed by atoms with Gasteiger partial charge in [-0.25, -0.2) is 4.79 Å². The molecule has 0 aliphatic rings. The van der Waals surface area contributed by atoms with Crippen molar-refractivity contribution in [3.63, 3.8) is 0 Å². The number of aryl methyl sites for hydroxylation is 2. The van der Waals surface area contributed by atoms with E-state index in [-0.39, 0.29) is 18.0 Å². The number of imidazole rings is 1. The maximum Gasteiger partial charge on any atom is 0.329 e. The summed E-state index contributed by atoms with van der Waals surface area (Å²) in [5.74, 6) is 1.37. The van der Waals surface area contributed by atoms with Crippen molar-refractivity contribution in [2.24, 2.45) is 0 Å². The minimum Gasteiger partial charge on any atom is -0.497 e. The molecule has 0 atom stereocenters. The lowest BCUT2D eigenvalue weighted by atomic mass is 10.3. The second-order valence-electron chi connectivity index (χ2n) is 6.70. The summed E-state index contributed by atoms with van der Waals surface area (Å²) in [6.45, 7) is 3.83. The van der Waals surface area contributed by atoms with E-state index in [1.165, 1.54) is 0 Å². The van der Waals surface area contributed by atoms with Crippen LogP contribution in [0.5, 0.6) is 11.5 Å². The lowest BCUT2D eigenvalue weighted by molar-refractivity contribution is -0.121. The molecule has 0 bridgehead atoms. The van der Waals surface area contributed by atoms with Gasteiger partial charge >= 0.3 is 5.69 Å². The van der Waals surface area contributed by atoms with E-state index in [9.17, 15) is 9.59 Å². The molecule has 1 N–H and O–H groups in total. The highest BCUT2D eigenvalue weighted by molar-refractivity contribution is 5.78. The molecule has 0 spiro atoms. The number of hydrogen-bond acceptors (Lipinski definition) is 4. The molecule has 7 heteroatoms. The number of methoxy groups -OCH3 is 1. The standard InChI is InChI=1S/C22H27N3O4/c1-3-14-24-19-6-4-5-7-20(19)25(22(24)27)15-12-21(26)23-13-16-29-18-10-8-17(28-2)9-11-18/h4-11H,3,12-16H2,1-2H3,(H,23,26). The third-order valence-corrected chi connectivity index (χ3v) is 4.69. The number of aromatic nitrogens is 2. The monoisotopic (exact) mass is 397 g/mol. The van der Waals surface area contributed by atoms with Crippen LogP contribution in [0.25, 0.3) is 11.0 Å². The molecule has 1 heterocycles. The van der Waals surface area contributed by atoms with E-state index >= 15 is 0 Å². The Hall–Kier alpha value is -3.22. The van der Waals surface area contributed by atoms with E-state index in [4.69, 9.17) is 9.47 Å². The molecule has 1 aromatic heterocycles. The topological polar surface area (TPSA) is 74.5 Å². The van der Waals surface area contributed by atoms with Crippen LogP contribution in [0.2, 0.25) is 0 Å². The van der Waals surface area contributed by atoms with Crippen molar-refractivity contribution in [3.8, 4) is 11.5 Å². The van der Waals surface area contributed by atoms with Gasteiger partial charge in [-0.15, -0.1) is 0 Å². The van der Waals surface area contributed by atoms with Gasteiger partial charge in [-0.1, -0.05) is 19.1 Å². The number of nitrogens with zero attached hydrogens (tertiary/aromatic N) is 2. The third-order valence-electron chi connectivity index (χ3n) is 4.69.